The SMILES string of the molecule is CNC(C)c1cccnc1N1CC(C)(C)OC(C)(C)C1. The second-order valence-electron chi connectivity index (χ2n) is 6.90. The van der Waals surface area contributed by atoms with E-state index in [0.29, 0.717) is 0 Å². The number of nitrogens with one attached hydrogen (secondary N) is 1. The molecule has 1 aromatic rings. The van der Waals surface area contributed by atoms with Crippen LogP contribution in [0.25, 0.3) is 0 Å². The van der Waals surface area contributed by atoms with Gasteiger partial charge in [0.2, 0.25) is 0 Å². The fourth-order valence-corrected chi connectivity index (χ4v) is 3.10. The number of rotatable bonds is 3. The minimum atomic E-state index is -0.167. The van der Waals surface area contributed by atoms with E-state index < -0.39 is 0 Å². The Labute approximate surface area is 122 Å². The highest BCUT2D eigenvalue weighted by molar-refractivity contribution is 5.49. The molecule has 4 heteroatoms. The molecule has 1 unspecified atom stereocenters. The second-order valence-corrected chi connectivity index (χ2v) is 6.90. The van der Waals surface area contributed by atoms with Crippen molar-refractivity contribution in [1.29, 1.82) is 0 Å². The van der Waals surface area contributed by atoms with Crippen molar-refractivity contribution >= 4 is 5.82 Å². The van der Waals surface area contributed by atoms with E-state index in [0.717, 1.165) is 18.9 Å². The van der Waals surface area contributed by atoms with Gasteiger partial charge in [0.1, 0.15) is 5.82 Å². The number of hydrogen-bond donors (Lipinski definition) is 1. The molecule has 1 fully saturated rings. The van der Waals surface area contributed by atoms with Crippen molar-refractivity contribution in [3.05, 3.63) is 23.9 Å². The molecule has 1 aliphatic heterocycles. The summed E-state index contributed by atoms with van der Waals surface area (Å²) in [5.41, 5.74) is 0.905. The van der Waals surface area contributed by atoms with E-state index in [9.17, 15) is 0 Å². The Balaban J connectivity index is 2.36. The third-order valence-corrected chi connectivity index (χ3v) is 3.71. The zero-order chi connectivity index (χ0) is 15.0. The third kappa shape index (κ3) is 3.30. The predicted octanol–water partition coefficient (Wildman–Crippen LogP) is 2.76. The maximum absolute atomic E-state index is 6.15. The summed E-state index contributed by atoms with van der Waals surface area (Å²) in [6, 6.07) is 4.44. The average molecular weight is 277 g/mol. The number of anilines is 1. The first-order valence-electron chi connectivity index (χ1n) is 7.31. The van der Waals surface area contributed by atoms with Gasteiger partial charge in [0, 0.05) is 30.9 Å². The van der Waals surface area contributed by atoms with E-state index in [1.54, 1.807) is 0 Å². The van der Waals surface area contributed by atoms with Gasteiger partial charge in [-0.2, -0.15) is 0 Å². The molecule has 2 heterocycles. The summed E-state index contributed by atoms with van der Waals surface area (Å²) >= 11 is 0. The van der Waals surface area contributed by atoms with Crippen LogP contribution < -0.4 is 10.2 Å². The second kappa shape index (κ2) is 5.34. The van der Waals surface area contributed by atoms with E-state index in [4.69, 9.17) is 4.74 Å². The van der Waals surface area contributed by atoms with Crippen molar-refractivity contribution in [1.82, 2.24) is 10.3 Å². The van der Waals surface area contributed by atoms with E-state index >= 15 is 0 Å². The van der Waals surface area contributed by atoms with Crippen LogP contribution in [0, 0.1) is 0 Å². The number of aromatic nitrogens is 1. The summed E-state index contributed by atoms with van der Waals surface area (Å²) in [6.07, 6.45) is 1.87. The predicted molar refractivity (Wildman–Crippen MR) is 83.2 cm³/mol. The molecule has 0 aromatic carbocycles. The van der Waals surface area contributed by atoms with Crippen LogP contribution in [0.2, 0.25) is 0 Å². The minimum Gasteiger partial charge on any atom is -0.366 e. The van der Waals surface area contributed by atoms with Crippen LogP contribution in [0.3, 0.4) is 0 Å². The average Bonchev–Trinajstić information content (AvgIpc) is 2.34. The van der Waals surface area contributed by atoms with Gasteiger partial charge in [-0.05, 0) is 47.7 Å². The van der Waals surface area contributed by atoms with Crippen molar-refractivity contribution in [3.8, 4) is 0 Å². The highest BCUT2D eigenvalue weighted by Gasteiger charge is 2.39. The van der Waals surface area contributed by atoms with Crippen molar-refractivity contribution in [3.63, 3.8) is 0 Å². The molecule has 1 N–H and O–H groups in total. The number of nitrogens with zero attached hydrogens (tertiary/aromatic N) is 2. The molecule has 4 nitrogen and oxygen atoms in total. The number of pyridine rings is 1. The van der Waals surface area contributed by atoms with E-state index in [1.165, 1.54) is 5.56 Å². The van der Waals surface area contributed by atoms with E-state index in [-0.39, 0.29) is 17.2 Å². The lowest BCUT2D eigenvalue weighted by Crippen LogP contribution is -2.57. The van der Waals surface area contributed by atoms with Gasteiger partial charge < -0.3 is 15.0 Å². The third-order valence-electron chi connectivity index (χ3n) is 3.71. The number of morpholine rings is 1. The summed E-state index contributed by atoms with van der Waals surface area (Å²) in [5.74, 6) is 1.07. The molecular formula is C16H27N3O. The smallest absolute Gasteiger partial charge is 0.133 e. The molecule has 0 aliphatic carbocycles. The quantitative estimate of drug-likeness (QED) is 0.922. The van der Waals surface area contributed by atoms with Crippen LogP contribution in [0.15, 0.2) is 18.3 Å². The van der Waals surface area contributed by atoms with Gasteiger partial charge in [-0.3, -0.25) is 0 Å². The van der Waals surface area contributed by atoms with Crippen molar-refractivity contribution in [2.45, 2.75) is 51.9 Å². The van der Waals surface area contributed by atoms with Crippen LogP contribution in [0.5, 0.6) is 0 Å². The first-order valence-corrected chi connectivity index (χ1v) is 7.31. The van der Waals surface area contributed by atoms with Crippen LogP contribution in [0.4, 0.5) is 5.82 Å². The normalized spacial score (nSPS) is 22.6. The van der Waals surface area contributed by atoms with Gasteiger partial charge in [0.05, 0.1) is 11.2 Å². The largest absolute Gasteiger partial charge is 0.366 e. The summed E-state index contributed by atoms with van der Waals surface area (Å²) in [5, 5.41) is 3.30. The van der Waals surface area contributed by atoms with Crippen molar-refractivity contribution in [2.24, 2.45) is 0 Å². The van der Waals surface area contributed by atoms with Gasteiger partial charge in [-0.15, -0.1) is 0 Å². The molecule has 0 bridgehead atoms. The Morgan fingerprint density at radius 1 is 1.25 bits per heavy atom. The molecule has 1 aliphatic rings. The highest BCUT2D eigenvalue weighted by atomic mass is 16.5. The fraction of sp³-hybridized carbons (Fsp3) is 0.688. The molecule has 112 valence electrons. The zero-order valence-electron chi connectivity index (χ0n) is 13.5. The van der Waals surface area contributed by atoms with E-state index in [2.05, 4.69) is 55.9 Å². The maximum atomic E-state index is 6.15. The highest BCUT2D eigenvalue weighted by Crippen LogP contribution is 2.33. The molecule has 1 atom stereocenters. The van der Waals surface area contributed by atoms with Crippen LogP contribution in [-0.2, 0) is 4.74 Å². The Bertz CT molecular complexity index is 455. The summed E-state index contributed by atoms with van der Waals surface area (Å²) in [6.45, 7) is 12.5. The molecule has 1 saturated heterocycles. The first-order chi connectivity index (χ1) is 9.24. The summed E-state index contributed by atoms with van der Waals surface area (Å²) in [4.78, 5) is 6.99. The standard InChI is InChI=1S/C16H27N3O/c1-12(17-6)13-8-7-9-18-14(13)19-10-15(2,3)20-16(4,5)11-19/h7-9,12,17H,10-11H2,1-6H3. The molecule has 2 rings (SSSR count). The van der Waals surface area contributed by atoms with Gasteiger partial charge in [-0.1, -0.05) is 6.07 Å². The van der Waals surface area contributed by atoms with Crippen molar-refractivity contribution < 1.29 is 4.74 Å². The summed E-state index contributed by atoms with van der Waals surface area (Å²) in [7, 11) is 1.98. The maximum Gasteiger partial charge on any atom is 0.133 e. The molecular weight excluding hydrogens is 250 g/mol. The molecule has 0 saturated carbocycles. The Morgan fingerprint density at radius 3 is 2.40 bits per heavy atom. The van der Waals surface area contributed by atoms with Gasteiger partial charge in [-0.25, -0.2) is 4.98 Å². The Hall–Kier alpha value is -1.13. The fourth-order valence-electron chi connectivity index (χ4n) is 3.10. The Kier molecular flexibility index (Phi) is 4.07. The van der Waals surface area contributed by atoms with Gasteiger partial charge in [0.15, 0.2) is 0 Å². The Morgan fingerprint density at radius 2 is 1.85 bits per heavy atom. The molecule has 0 amide bonds. The summed E-state index contributed by atoms with van der Waals surface area (Å²) < 4.78 is 6.15. The molecule has 0 radical (unpaired) electrons. The number of hydrogen-bond acceptors (Lipinski definition) is 4. The monoisotopic (exact) mass is 277 g/mol. The van der Waals surface area contributed by atoms with Crippen molar-refractivity contribution in [2.75, 3.05) is 25.0 Å². The first kappa shape index (κ1) is 15.3. The van der Waals surface area contributed by atoms with Crippen LogP contribution in [-0.4, -0.2) is 36.3 Å². The van der Waals surface area contributed by atoms with Gasteiger partial charge >= 0.3 is 0 Å². The van der Waals surface area contributed by atoms with E-state index in [1.807, 2.05) is 19.3 Å². The van der Waals surface area contributed by atoms with Gasteiger partial charge in [0.25, 0.3) is 0 Å². The van der Waals surface area contributed by atoms with Crippen LogP contribution in [0.1, 0.15) is 46.2 Å². The van der Waals surface area contributed by atoms with Crippen LogP contribution >= 0.6 is 0 Å². The lowest BCUT2D eigenvalue weighted by Gasteiger charge is -2.48. The number of ether oxygens (including phenoxy) is 1. The lowest BCUT2D eigenvalue weighted by atomic mass is 9.98. The lowest BCUT2D eigenvalue weighted by molar-refractivity contribution is -0.133. The zero-order valence-corrected chi connectivity index (χ0v) is 13.5. The topological polar surface area (TPSA) is 37.4 Å². The molecule has 0 spiro atoms. The molecule has 1 aromatic heterocycles. The molecule has 20 heavy (non-hydrogen) atoms. The minimum absolute atomic E-state index is 0.167.